The Morgan fingerprint density at radius 2 is 1.70 bits per heavy atom. The zero-order chi connectivity index (χ0) is 25.2. The lowest BCUT2D eigenvalue weighted by atomic mass is 9.85. The van der Waals surface area contributed by atoms with Crippen LogP contribution in [-0.2, 0) is 0 Å². The molecule has 3 aliphatic rings. The summed E-state index contributed by atoms with van der Waals surface area (Å²) >= 11 is 0. The third-order valence-electron chi connectivity index (χ3n) is 8.12. The van der Waals surface area contributed by atoms with Crippen LogP contribution in [0, 0.1) is 11.8 Å². The van der Waals surface area contributed by atoms with Crippen molar-refractivity contribution >= 4 is 28.4 Å². The maximum atomic E-state index is 12.8. The van der Waals surface area contributed by atoms with Crippen molar-refractivity contribution in [2.24, 2.45) is 11.8 Å². The lowest BCUT2D eigenvalue weighted by molar-refractivity contribution is 0.0786. The molecule has 3 amide bonds. The van der Waals surface area contributed by atoms with Gasteiger partial charge < -0.3 is 20.3 Å². The quantitative estimate of drug-likeness (QED) is 0.415. The Hall–Kier alpha value is -3.61. The summed E-state index contributed by atoms with van der Waals surface area (Å²) in [4.78, 5) is 31.7. The molecule has 3 aromatic rings. The van der Waals surface area contributed by atoms with E-state index < -0.39 is 0 Å². The minimum atomic E-state index is -0.152. The largest absolute Gasteiger partial charge is 0.457 e. The summed E-state index contributed by atoms with van der Waals surface area (Å²) in [6.07, 6.45) is 11.4. The number of benzene rings is 2. The van der Waals surface area contributed by atoms with E-state index in [0.717, 1.165) is 54.7 Å². The number of carbonyl (C=O) groups is 2. The lowest BCUT2D eigenvalue weighted by Crippen LogP contribution is -2.32. The molecule has 2 aliphatic carbocycles. The van der Waals surface area contributed by atoms with Gasteiger partial charge in [0, 0.05) is 42.2 Å². The number of nitrogens with zero attached hydrogens (tertiary/aromatic N) is 2. The van der Waals surface area contributed by atoms with Gasteiger partial charge >= 0.3 is 6.03 Å². The van der Waals surface area contributed by atoms with E-state index in [4.69, 9.17) is 4.74 Å². The number of carbonyl (C=O) groups excluding carboxylic acids is 2. The van der Waals surface area contributed by atoms with Crippen LogP contribution in [0.4, 0.5) is 10.5 Å². The molecule has 1 aliphatic heterocycles. The monoisotopic (exact) mass is 498 g/mol. The fraction of sp³-hybridized carbons (Fsp3) is 0.433. The van der Waals surface area contributed by atoms with Crippen LogP contribution in [0.2, 0.25) is 0 Å². The van der Waals surface area contributed by atoms with E-state index in [1.807, 2.05) is 41.3 Å². The Morgan fingerprint density at radius 1 is 0.919 bits per heavy atom. The number of ether oxygens (including phenoxy) is 1. The van der Waals surface area contributed by atoms with Crippen LogP contribution >= 0.6 is 0 Å². The van der Waals surface area contributed by atoms with Gasteiger partial charge in [-0.2, -0.15) is 0 Å². The Morgan fingerprint density at radius 3 is 2.51 bits per heavy atom. The molecule has 0 bridgehead atoms. The first-order valence-corrected chi connectivity index (χ1v) is 13.7. The summed E-state index contributed by atoms with van der Waals surface area (Å²) in [5, 5.41) is 8.03. The molecule has 3 fully saturated rings. The van der Waals surface area contributed by atoms with Crippen LogP contribution in [0.25, 0.3) is 10.8 Å². The topological polar surface area (TPSA) is 83.6 Å². The average molecular weight is 499 g/mol. The van der Waals surface area contributed by atoms with Crippen LogP contribution in [0.15, 0.2) is 54.7 Å². The molecule has 192 valence electrons. The van der Waals surface area contributed by atoms with E-state index in [1.165, 1.54) is 32.1 Å². The maximum absolute atomic E-state index is 12.8. The maximum Gasteiger partial charge on any atom is 0.319 e. The van der Waals surface area contributed by atoms with E-state index in [9.17, 15) is 9.59 Å². The van der Waals surface area contributed by atoms with Gasteiger partial charge in [0.05, 0.1) is 5.69 Å². The molecular formula is C30H34N4O3. The Balaban J connectivity index is 1.15. The van der Waals surface area contributed by atoms with Crippen LogP contribution in [0.5, 0.6) is 11.5 Å². The molecule has 1 aromatic heterocycles. The van der Waals surface area contributed by atoms with Gasteiger partial charge in [-0.1, -0.05) is 56.4 Å². The summed E-state index contributed by atoms with van der Waals surface area (Å²) < 4.78 is 6.22. The number of aromatic nitrogens is 1. The normalized spacial score (nSPS) is 21.6. The van der Waals surface area contributed by atoms with Crippen LogP contribution in [0.3, 0.4) is 0 Å². The molecule has 6 rings (SSSR count). The summed E-state index contributed by atoms with van der Waals surface area (Å²) in [6, 6.07) is 15.2. The Bertz CT molecular complexity index is 1300. The van der Waals surface area contributed by atoms with Gasteiger partial charge in [0.25, 0.3) is 5.91 Å². The number of amides is 3. The third-order valence-corrected chi connectivity index (χ3v) is 8.12. The van der Waals surface area contributed by atoms with Crippen molar-refractivity contribution in [3.8, 4) is 11.5 Å². The minimum Gasteiger partial charge on any atom is -0.457 e. The number of anilines is 1. The second-order valence-corrected chi connectivity index (χ2v) is 10.6. The van der Waals surface area contributed by atoms with Gasteiger partial charge in [0.2, 0.25) is 0 Å². The van der Waals surface area contributed by atoms with E-state index >= 15 is 0 Å². The first kappa shape index (κ1) is 23.8. The summed E-state index contributed by atoms with van der Waals surface area (Å²) in [5.41, 5.74) is 1.14. The Kier molecular flexibility index (Phi) is 6.68. The molecular weight excluding hydrogens is 464 g/mol. The van der Waals surface area contributed by atoms with Gasteiger partial charge in [0.15, 0.2) is 0 Å². The van der Waals surface area contributed by atoms with Crippen molar-refractivity contribution in [3.05, 3.63) is 60.4 Å². The first-order chi connectivity index (χ1) is 18.2. The highest BCUT2D eigenvalue weighted by Crippen LogP contribution is 2.44. The van der Waals surface area contributed by atoms with Gasteiger partial charge in [-0.15, -0.1) is 0 Å². The zero-order valence-electron chi connectivity index (χ0n) is 21.1. The van der Waals surface area contributed by atoms with Crippen molar-refractivity contribution in [1.82, 2.24) is 15.2 Å². The standard InChI is InChI=1S/C30H34N4O3/c35-29(34-16-6-7-17-34)27-18-21(14-15-31-27)37-28-13-12-25(22-10-4-5-11-23(22)28)32-30(36)33-26-19-24(26)20-8-2-1-3-9-20/h4-5,10-15,18,20,24,26H,1-3,6-9,16-17,19H2,(H2,32,33,36). The fourth-order valence-corrected chi connectivity index (χ4v) is 6.06. The second-order valence-electron chi connectivity index (χ2n) is 10.6. The lowest BCUT2D eigenvalue weighted by Gasteiger charge is -2.21. The van der Waals surface area contributed by atoms with Gasteiger partial charge in [-0.25, -0.2) is 4.79 Å². The van der Waals surface area contributed by atoms with Gasteiger partial charge in [0.1, 0.15) is 17.2 Å². The number of nitrogens with one attached hydrogen (secondary N) is 2. The van der Waals surface area contributed by atoms with Crippen molar-refractivity contribution in [3.63, 3.8) is 0 Å². The van der Waals surface area contributed by atoms with Crippen molar-refractivity contribution in [1.29, 1.82) is 0 Å². The second kappa shape index (κ2) is 10.4. The smallest absolute Gasteiger partial charge is 0.319 e. The molecule has 2 N–H and O–H groups in total. The zero-order valence-corrected chi connectivity index (χ0v) is 21.1. The highest BCUT2D eigenvalue weighted by molar-refractivity contribution is 6.04. The molecule has 7 heteroatoms. The molecule has 2 aromatic carbocycles. The molecule has 0 spiro atoms. The van der Waals surface area contributed by atoms with Crippen LogP contribution < -0.4 is 15.4 Å². The molecule has 37 heavy (non-hydrogen) atoms. The van der Waals surface area contributed by atoms with Crippen LogP contribution in [0.1, 0.15) is 61.9 Å². The molecule has 2 atom stereocenters. The number of urea groups is 1. The SMILES string of the molecule is O=C(Nc1ccc(Oc2ccnc(C(=O)N3CCCC3)c2)c2ccccc12)NC1CC1C1CCCCC1. The average Bonchev–Trinajstić information content (AvgIpc) is 3.47. The van der Waals surface area contributed by atoms with E-state index in [-0.39, 0.29) is 11.9 Å². The van der Waals surface area contributed by atoms with Crippen molar-refractivity contribution < 1.29 is 14.3 Å². The number of likely N-dealkylation sites (tertiary alicyclic amines) is 1. The van der Waals surface area contributed by atoms with Gasteiger partial charge in [-0.05, 0) is 49.3 Å². The minimum absolute atomic E-state index is 0.0558. The fourth-order valence-electron chi connectivity index (χ4n) is 6.06. The Labute approximate surface area is 217 Å². The third kappa shape index (κ3) is 5.26. The van der Waals surface area contributed by atoms with E-state index in [2.05, 4.69) is 15.6 Å². The molecule has 0 radical (unpaired) electrons. The number of hydrogen-bond acceptors (Lipinski definition) is 4. The molecule has 1 saturated heterocycles. The summed E-state index contributed by atoms with van der Waals surface area (Å²) in [6.45, 7) is 1.56. The molecule has 2 saturated carbocycles. The highest BCUT2D eigenvalue weighted by atomic mass is 16.5. The summed E-state index contributed by atoms with van der Waals surface area (Å²) in [7, 11) is 0. The highest BCUT2D eigenvalue weighted by Gasteiger charge is 2.43. The van der Waals surface area contributed by atoms with E-state index in [0.29, 0.717) is 29.2 Å². The van der Waals surface area contributed by atoms with Crippen molar-refractivity contribution in [2.45, 2.75) is 57.4 Å². The predicted molar refractivity (Wildman–Crippen MR) is 144 cm³/mol. The number of fused-ring (bicyclic) bond motifs is 1. The van der Waals surface area contributed by atoms with Crippen LogP contribution in [-0.4, -0.2) is 41.0 Å². The predicted octanol–water partition coefficient (Wildman–Crippen LogP) is 6.35. The molecule has 2 unspecified atom stereocenters. The number of rotatable bonds is 6. The molecule has 2 heterocycles. The molecule has 7 nitrogen and oxygen atoms in total. The number of hydrogen-bond donors (Lipinski definition) is 2. The first-order valence-electron chi connectivity index (χ1n) is 13.7. The van der Waals surface area contributed by atoms with Crippen molar-refractivity contribution in [2.75, 3.05) is 18.4 Å². The van der Waals surface area contributed by atoms with E-state index in [1.54, 1.807) is 18.3 Å². The number of pyridine rings is 1. The van der Waals surface area contributed by atoms with Gasteiger partial charge in [-0.3, -0.25) is 9.78 Å². The summed E-state index contributed by atoms with van der Waals surface area (Å²) in [5.74, 6) is 2.58.